The first kappa shape index (κ1) is 28.2. The van der Waals surface area contributed by atoms with Gasteiger partial charge in [-0.2, -0.15) is 8.78 Å². The van der Waals surface area contributed by atoms with E-state index in [0.29, 0.717) is 11.5 Å². The van der Waals surface area contributed by atoms with Crippen LogP contribution in [0.3, 0.4) is 0 Å². The minimum atomic E-state index is -4.90. The van der Waals surface area contributed by atoms with E-state index in [9.17, 15) is 26.3 Å². The molecule has 0 bridgehead atoms. The molecule has 0 atom stereocenters. The second kappa shape index (κ2) is 12.7. The summed E-state index contributed by atoms with van der Waals surface area (Å²) in [6.45, 7) is 2.21. The van der Waals surface area contributed by atoms with E-state index in [2.05, 4.69) is 16.4 Å². The molecule has 200 valence electrons. The molecule has 3 rings (SSSR count). The van der Waals surface area contributed by atoms with E-state index in [0.717, 1.165) is 62.1 Å². The van der Waals surface area contributed by atoms with E-state index in [-0.39, 0.29) is 5.92 Å². The summed E-state index contributed by atoms with van der Waals surface area (Å²) in [5.74, 6) is -1.23. The van der Waals surface area contributed by atoms with Crippen LogP contribution in [-0.2, 0) is 6.11 Å². The van der Waals surface area contributed by atoms with Crippen LogP contribution in [0.2, 0.25) is 0 Å². The molecule has 0 unspecified atom stereocenters. The molecule has 0 aliphatic heterocycles. The Morgan fingerprint density at radius 3 is 1.92 bits per heavy atom. The van der Waals surface area contributed by atoms with Crippen molar-refractivity contribution in [2.75, 3.05) is 0 Å². The molecule has 2 aromatic carbocycles. The Balaban J connectivity index is 1.52. The van der Waals surface area contributed by atoms with Gasteiger partial charge in [-0.25, -0.2) is 4.39 Å². The van der Waals surface area contributed by atoms with Crippen molar-refractivity contribution in [3.8, 4) is 11.5 Å². The number of rotatable bonds is 12. The van der Waals surface area contributed by atoms with E-state index in [4.69, 9.17) is 0 Å². The number of ether oxygens (including phenoxy) is 2. The third kappa shape index (κ3) is 8.63. The van der Waals surface area contributed by atoms with Gasteiger partial charge in [-0.3, -0.25) is 0 Å². The van der Waals surface area contributed by atoms with Gasteiger partial charge in [0.05, 0.1) is 5.56 Å². The second-order valence-electron chi connectivity index (χ2n) is 9.65. The zero-order valence-corrected chi connectivity index (χ0v) is 20.6. The van der Waals surface area contributed by atoms with E-state index >= 15 is 0 Å². The van der Waals surface area contributed by atoms with Crippen molar-refractivity contribution >= 4 is 0 Å². The Hall–Kier alpha value is -2.38. The van der Waals surface area contributed by atoms with Crippen molar-refractivity contribution in [2.24, 2.45) is 5.92 Å². The highest BCUT2D eigenvalue weighted by molar-refractivity contribution is 5.34. The molecule has 0 saturated heterocycles. The zero-order valence-electron chi connectivity index (χ0n) is 20.6. The normalized spacial score (nSPS) is 18.8. The summed E-state index contributed by atoms with van der Waals surface area (Å²) in [6.07, 6.45) is 3.94. The van der Waals surface area contributed by atoms with E-state index in [1.54, 1.807) is 0 Å². The molecular formula is C28H34F6O2. The van der Waals surface area contributed by atoms with E-state index in [1.807, 2.05) is 0 Å². The van der Waals surface area contributed by atoms with Crippen molar-refractivity contribution in [1.29, 1.82) is 0 Å². The van der Waals surface area contributed by atoms with Gasteiger partial charge in [0.2, 0.25) is 0 Å². The standard InChI is InChI=1S/C28H34F6O2/c1-2-3-4-5-6-7-8-20-9-11-21(12-10-20)22-13-18-25(26(29)19-22)27(30,31)35-23-14-16-24(17-15-23)36-28(32,33)34/h13-21H,2-12H2,1H3/t20-,21-. The van der Waals surface area contributed by atoms with Crippen molar-refractivity contribution in [1.82, 2.24) is 0 Å². The van der Waals surface area contributed by atoms with Gasteiger partial charge in [0.25, 0.3) is 0 Å². The van der Waals surface area contributed by atoms with Crippen LogP contribution in [0.1, 0.15) is 94.6 Å². The summed E-state index contributed by atoms with van der Waals surface area (Å²) < 4.78 is 89.1. The van der Waals surface area contributed by atoms with Crippen LogP contribution in [0, 0.1) is 11.7 Å². The maximum Gasteiger partial charge on any atom is 0.573 e. The first-order chi connectivity index (χ1) is 17.1. The summed E-state index contributed by atoms with van der Waals surface area (Å²) in [7, 11) is 0. The molecule has 1 aliphatic carbocycles. The monoisotopic (exact) mass is 516 g/mol. The summed E-state index contributed by atoms with van der Waals surface area (Å²) in [6, 6.07) is 7.23. The fraction of sp³-hybridized carbons (Fsp3) is 0.571. The summed E-state index contributed by atoms with van der Waals surface area (Å²) >= 11 is 0. The van der Waals surface area contributed by atoms with Crippen LogP contribution >= 0.6 is 0 Å². The smallest absolute Gasteiger partial charge is 0.429 e. The average molecular weight is 517 g/mol. The largest absolute Gasteiger partial charge is 0.573 e. The van der Waals surface area contributed by atoms with Gasteiger partial charge in [-0.1, -0.05) is 57.9 Å². The predicted octanol–water partition coefficient (Wildman–Crippen LogP) is 9.88. The molecule has 8 heteroatoms. The van der Waals surface area contributed by atoms with Crippen LogP contribution < -0.4 is 9.47 Å². The minimum absolute atomic E-state index is 0.144. The molecule has 0 spiro atoms. The Morgan fingerprint density at radius 1 is 0.750 bits per heavy atom. The van der Waals surface area contributed by atoms with Crippen LogP contribution in [0.25, 0.3) is 0 Å². The highest BCUT2D eigenvalue weighted by atomic mass is 19.4. The lowest BCUT2D eigenvalue weighted by molar-refractivity contribution is -0.274. The fourth-order valence-electron chi connectivity index (χ4n) is 4.93. The van der Waals surface area contributed by atoms with Crippen molar-refractivity contribution in [3.05, 3.63) is 59.4 Å². The SMILES string of the molecule is CCCCCCCC[C@H]1CC[C@H](c2ccc(C(F)(F)Oc3ccc(OC(F)(F)F)cc3)c(F)c2)CC1. The van der Waals surface area contributed by atoms with Gasteiger partial charge in [0.15, 0.2) is 0 Å². The molecule has 0 amide bonds. The number of hydrogen-bond acceptors (Lipinski definition) is 2. The van der Waals surface area contributed by atoms with Gasteiger partial charge >= 0.3 is 12.5 Å². The molecular weight excluding hydrogens is 482 g/mol. The molecule has 0 aromatic heterocycles. The number of unbranched alkanes of at least 4 members (excludes halogenated alkanes) is 5. The third-order valence-corrected chi connectivity index (χ3v) is 6.89. The summed E-state index contributed by atoms with van der Waals surface area (Å²) in [4.78, 5) is 0. The maximum absolute atomic E-state index is 14.7. The first-order valence-electron chi connectivity index (χ1n) is 12.8. The van der Waals surface area contributed by atoms with Crippen LogP contribution in [0.4, 0.5) is 26.3 Å². The van der Waals surface area contributed by atoms with Crippen molar-refractivity contribution in [3.63, 3.8) is 0 Å². The first-order valence-corrected chi connectivity index (χ1v) is 12.8. The fourth-order valence-corrected chi connectivity index (χ4v) is 4.93. The molecule has 1 saturated carbocycles. The summed E-state index contributed by atoms with van der Waals surface area (Å²) in [5, 5.41) is 0. The van der Waals surface area contributed by atoms with Crippen LogP contribution in [-0.4, -0.2) is 6.36 Å². The van der Waals surface area contributed by atoms with Crippen LogP contribution in [0.5, 0.6) is 11.5 Å². The van der Waals surface area contributed by atoms with Crippen molar-refractivity contribution < 1.29 is 35.8 Å². The molecule has 1 aliphatic rings. The number of hydrogen-bond donors (Lipinski definition) is 0. The Labute approximate surface area is 209 Å². The maximum atomic E-state index is 14.7. The van der Waals surface area contributed by atoms with E-state index in [1.165, 1.54) is 51.0 Å². The number of benzene rings is 2. The summed E-state index contributed by atoms with van der Waals surface area (Å²) in [5.41, 5.74) is -0.211. The molecule has 0 radical (unpaired) electrons. The Morgan fingerprint density at radius 2 is 1.33 bits per heavy atom. The molecule has 2 aromatic rings. The van der Waals surface area contributed by atoms with Gasteiger partial charge in [-0.05, 0) is 79.5 Å². The quantitative estimate of drug-likeness (QED) is 0.206. The molecule has 1 fully saturated rings. The lowest BCUT2D eigenvalue weighted by atomic mass is 9.77. The van der Waals surface area contributed by atoms with Crippen LogP contribution in [0.15, 0.2) is 42.5 Å². The molecule has 36 heavy (non-hydrogen) atoms. The number of halogens is 6. The van der Waals surface area contributed by atoms with Gasteiger partial charge in [0.1, 0.15) is 17.3 Å². The van der Waals surface area contributed by atoms with E-state index < -0.39 is 35.4 Å². The topological polar surface area (TPSA) is 18.5 Å². The minimum Gasteiger partial charge on any atom is -0.429 e. The molecule has 0 N–H and O–H groups in total. The van der Waals surface area contributed by atoms with Gasteiger partial charge < -0.3 is 9.47 Å². The lowest BCUT2D eigenvalue weighted by Gasteiger charge is -2.29. The van der Waals surface area contributed by atoms with Gasteiger partial charge in [0, 0.05) is 0 Å². The highest BCUT2D eigenvalue weighted by Gasteiger charge is 2.38. The molecule has 2 nitrogen and oxygen atoms in total. The predicted molar refractivity (Wildman–Crippen MR) is 127 cm³/mol. The van der Waals surface area contributed by atoms with Gasteiger partial charge in [-0.15, -0.1) is 13.2 Å². The Bertz CT molecular complexity index is 934. The van der Waals surface area contributed by atoms with Crippen molar-refractivity contribution in [2.45, 2.75) is 95.9 Å². The number of alkyl halides is 5. The second-order valence-corrected chi connectivity index (χ2v) is 9.65. The lowest BCUT2D eigenvalue weighted by Crippen LogP contribution is -2.24. The molecule has 0 heterocycles. The zero-order chi connectivity index (χ0) is 26.2. The Kier molecular flexibility index (Phi) is 9.97. The highest BCUT2D eigenvalue weighted by Crippen LogP contribution is 2.40. The average Bonchev–Trinajstić information content (AvgIpc) is 2.81. The third-order valence-electron chi connectivity index (χ3n) is 6.89.